The molecule has 0 aliphatic rings. The van der Waals surface area contributed by atoms with E-state index in [2.05, 4.69) is 31.8 Å². The number of hydrogen-bond acceptors (Lipinski definition) is 4. The van der Waals surface area contributed by atoms with Crippen LogP contribution in [0.4, 0.5) is 5.69 Å². The number of anilines is 1. The first kappa shape index (κ1) is 15.1. The smallest absolute Gasteiger partial charge is 0.259 e. The monoisotopic (exact) mass is 347 g/mol. The van der Waals surface area contributed by atoms with Crippen LogP contribution in [0.2, 0.25) is 0 Å². The molecule has 0 aromatic heterocycles. The van der Waals surface area contributed by atoms with Crippen LogP contribution >= 0.6 is 15.9 Å². The van der Waals surface area contributed by atoms with Crippen molar-refractivity contribution in [3.8, 4) is 5.75 Å². The summed E-state index contributed by atoms with van der Waals surface area (Å²) in [7, 11) is 0. The van der Waals surface area contributed by atoms with E-state index in [0.29, 0.717) is 4.47 Å². The Morgan fingerprint density at radius 1 is 1.24 bits per heavy atom. The normalized spacial score (nSPS) is 10.5. The molecule has 21 heavy (non-hydrogen) atoms. The van der Waals surface area contributed by atoms with E-state index in [0.717, 1.165) is 11.3 Å². The van der Waals surface area contributed by atoms with E-state index in [9.17, 15) is 9.90 Å². The fourth-order valence-corrected chi connectivity index (χ4v) is 1.96. The number of aromatic hydroxyl groups is 1. The standard InChI is InChI=1S/C15H14BrN3O2/c16-13-8-11(6-7-14(13)20)9-18-19-15(21)10-17-12-4-2-1-3-5-12/h1-9,17,20H,10H2,(H,19,21)/b18-9-. The molecule has 5 nitrogen and oxygen atoms in total. The van der Waals surface area contributed by atoms with Gasteiger partial charge in [-0.1, -0.05) is 18.2 Å². The zero-order valence-corrected chi connectivity index (χ0v) is 12.7. The van der Waals surface area contributed by atoms with Crippen LogP contribution in [0.25, 0.3) is 0 Å². The topological polar surface area (TPSA) is 73.7 Å². The highest BCUT2D eigenvalue weighted by Crippen LogP contribution is 2.23. The van der Waals surface area contributed by atoms with Crippen molar-refractivity contribution in [1.29, 1.82) is 0 Å². The molecule has 0 atom stereocenters. The molecule has 0 heterocycles. The number of phenolic OH excluding ortho intramolecular Hbond substituents is 1. The van der Waals surface area contributed by atoms with Crippen molar-refractivity contribution < 1.29 is 9.90 Å². The van der Waals surface area contributed by atoms with Crippen molar-refractivity contribution in [2.75, 3.05) is 11.9 Å². The number of hydrazone groups is 1. The van der Waals surface area contributed by atoms with Crippen LogP contribution in [-0.4, -0.2) is 23.8 Å². The van der Waals surface area contributed by atoms with Gasteiger partial charge < -0.3 is 10.4 Å². The van der Waals surface area contributed by atoms with E-state index >= 15 is 0 Å². The SMILES string of the molecule is O=C(CNc1ccccc1)N/N=C\c1ccc(O)c(Br)c1. The number of rotatable bonds is 5. The Labute approximate surface area is 130 Å². The molecule has 0 saturated heterocycles. The Bertz CT molecular complexity index is 645. The summed E-state index contributed by atoms with van der Waals surface area (Å²) in [5, 5.41) is 16.2. The maximum absolute atomic E-state index is 11.6. The maximum Gasteiger partial charge on any atom is 0.259 e. The van der Waals surface area contributed by atoms with Crippen LogP contribution in [-0.2, 0) is 4.79 Å². The molecule has 108 valence electrons. The minimum absolute atomic E-state index is 0.140. The highest BCUT2D eigenvalue weighted by atomic mass is 79.9. The summed E-state index contributed by atoms with van der Waals surface area (Å²) >= 11 is 3.21. The molecule has 2 rings (SSSR count). The number of amides is 1. The average molecular weight is 348 g/mol. The van der Waals surface area contributed by atoms with E-state index in [1.54, 1.807) is 18.2 Å². The molecule has 0 bridgehead atoms. The van der Waals surface area contributed by atoms with Crippen molar-refractivity contribution in [2.45, 2.75) is 0 Å². The maximum atomic E-state index is 11.6. The molecule has 0 unspecified atom stereocenters. The second-order valence-corrected chi connectivity index (χ2v) is 5.08. The van der Waals surface area contributed by atoms with Crippen molar-refractivity contribution >= 4 is 33.7 Å². The highest BCUT2D eigenvalue weighted by Gasteiger charge is 2.00. The number of carbonyl (C=O) groups is 1. The first-order valence-electron chi connectivity index (χ1n) is 6.24. The number of nitrogens with one attached hydrogen (secondary N) is 2. The Balaban J connectivity index is 1.80. The van der Waals surface area contributed by atoms with E-state index < -0.39 is 0 Å². The number of carbonyl (C=O) groups excluding carboxylic acids is 1. The predicted octanol–water partition coefficient (Wildman–Crippen LogP) is 2.72. The molecule has 1 amide bonds. The summed E-state index contributed by atoms with van der Waals surface area (Å²) in [4.78, 5) is 11.6. The summed E-state index contributed by atoms with van der Waals surface area (Å²) in [6.07, 6.45) is 1.50. The quantitative estimate of drug-likeness (QED) is 0.575. The molecule has 2 aromatic rings. The van der Waals surface area contributed by atoms with E-state index in [-0.39, 0.29) is 18.2 Å². The molecular weight excluding hydrogens is 334 g/mol. The Kier molecular flexibility index (Phi) is 5.34. The Morgan fingerprint density at radius 2 is 2.00 bits per heavy atom. The molecule has 0 aliphatic heterocycles. The van der Waals surface area contributed by atoms with Crippen LogP contribution in [0.3, 0.4) is 0 Å². The number of hydrogen-bond donors (Lipinski definition) is 3. The van der Waals surface area contributed by atoms with Crippen LogP contribution in [0.1, 0.15) is 5.56 Å². The molecule has 6 heteroatoms. The lowest BCUT2D eigenvalue weighted by atomic mass is 10.2. The van der Waals surface area contributed by atoms with Gasteiger partial charge >= 0.3 is 0 Å². The largest absolute Gasteiger partial charge is 0.507 e. The van der Waals surface area contributed by atoms with E-state index in [1.165, 1.54) is 6.21 Å². The lowest BCUT2D eigenvalue weighted by molar-refractivity contribution is -0.119. The Morgan fingerprint density at radius 3 is 2.71 bits per heavy atom. The average Bonchev–Trinajstić information content (AvgIpc) is 2.50. The minimum Gasteiger partial charge on any atom is -0.507 e. The van der Waals surface area contributed by atoms with Gasteiger partial charge in [0, 0.05) is 5.69 Å². The summed E-state index contributed by atoms with van der Waals surface area (Å²) in [6, 6.07) is 14.4. The van der Waals surface area contributed by atoms with Crippen LogP contribution < -0.4 is 10.7 Å². The van der Waals surface area contributed by atoms with Gasteiger partial charge in [-0.15, -0.1) is 0 Å². The number of halogens is 1. The van der Waals surface area contributed by atoms with Crippen LogP contribution in [0.5, 0.6) is 5.75 Å². The third-order valence-corrected chi connectivity index (χ3v) is 3.24. The molecule has 0 spiro atoms. The van der Waals surface area contributed by atoms with E-state index in [1.807, 2.05) is 30.3 Å². The van der Waals surface area contributed by atoms with Gasteiger partial charge in [0.2, 0.25) is 0 Å². The van der Waals surface area contributed by atoms with Gasteiger partial charge in [0.25, 0.3) is 5.91 Å². The van der Waals surface area contributed by atoms with Gasteiger partial charge in [-0.3, -0.25) is 4.79 Å². The van der Waals surface area contributed by atoms with Gasteiger partial charge in [0.05, 0.1) is 17.2 Å². The minimum atomic E-state index is -0.243. The molecular formula is C15H14BrN3O2. The fraction of sp³-hybridized carbons (Fsp3) is 0.0667. The molecule has 0 saturated carbocycles. The zero-order chi connectivity index (χ0) is 15.1. The molecule has 0 fully saturated rings. The van der Waals surface area contributed by atoms with Crippen molar-refractivity contribution in [3.05, 3.63) is 58.6 Å². The fourth-order valence-electron chi connectivity index (χ4n) is 1.56. The first-order chi connectivity index (χ1) is 10.1. The first-order valence-corrected chi connectivity index (χ1v) is 7.04. The summed E-state index contributed by atoms with van der Waals surface area (Å²) in [5.41, 5.74) is 4.06. The summed E-state index contributed by atoms with van der Waals surface area (Å²) in [5.74, 6) is -0.0869. The van der Waals surface area contributed by atoms with Gasteiger partial charge in [-0.05, 0) is 51.8 Å². The molecule has 3 N–H and O–H groups in total. The van der Waals surface area contributed by atoms with Crippen molar-refractivity contribution in [1.82, 2.24) is 5.43 Å². The second-order valence-electron chi connectivity index (χ2n) is 4.22. The molecule has 0 aliphatic carbocycles. The zero-order valence-electron chi connectivity index (χ0n) is 11.1. The third-order valence-electron chi connectivity index (χ3n) is 2.60. The number of benzene rings is 2. The third kappa shape index (κ3) is 4.92. The van der Waals surface area contributed by atoms with Gasteiger partial charge in [-0.25, -0.2) is 5.43 Å². The Hall–Kier alpha value is -2.34. The number of para-hydroxylation sites is 1. The van der Waals surface area contributed by atoms with Gasteiger partial charge in [-0.2, -0.15) is 5.10 Å². The number of phenols is 1. The number of nitrogens with zero attached hydrogens (tertiary/aromatic N) is 1. The van der Waals surface area contributed by atoms with Crippen molar-refractivity contribution in [3.63, 3.8) is 0 Å². The van der Waals surface area contributed by atoms with Crippen molar-refractivity contribution in [2.24, 2.45) is 5.10 Å². The van der Waals surface area contributed by atoms with E-state index in [4.69, 9.17) is 0 Å². The molecule has 2 aromatic carbocycles. The summed E-state index contributed by atoms with van der Waals surface area (Å²) in [6.45, 7) is 0.140. The molecule has 0 radical (unpaired) electrons. The van der Waals surface area contributed by atoms with Gasteiger partial charge in [0.15, 0.2) is 0 Å². The van der Waals surface area contributed by atoms with Crippen LogP contribution in [0.15, 0.2) is 58.1 Å². The van der Waals surface area contributed by atoms with Gasteiger partial charge in [0.1, 0.15) is 5.75 Å². The predicted molar refractivity (Wildman–Crippen MR) is 86.5 cm³/mol. The second kappa shape index (κ2) is 7.44. The summed E-state index contributed by atoms with van der Waals surface area (Å²) < 4.78 is 0.573. The van der Waals surface area contributed by atoms with Crippen LogP contribution in [0, 0.1) is 0 Å². The highest BCUT2D eigenvalue weighted by molar-refractivity contribution is 9.10. The lowest BCUT2D eigenvalue weighted by Crippen LogP contribution is -2.25. The lowest BCUT2D eigenvalue weighted by Gasteiger charge is -2.04.